The van der Waals surface area contributed by atoms with Crippen molar-refractivity contribution in [3.05, 3.63) is 59.7 Å². The molecule has 1 aliphatic rings. The van der Waals surface area contributed by atoms with Crippen LogP contribution in [0.1, 0.15) is 43.7 Å². The monoisotopic (exact) mass is 284 g/mol. The highest BCUT2D eigenvalue weighted by atomic mass is 16.3. The molecule has 1 aromatic rings. The van der Waals surface area contributed by atoms with Gasteiger partial charge in [-0.05, 0) is 56.7 Å². The van der Waals surface area contributed by atoms with E-state index < -0.39 is 0 Å². The number of allylic oxidation sites excluding steroid dienone is 4. The van der Waals surface area contributed by atoms with Crippen LogP contribution in [0.5, 0.6) is 11.5 Å². The van der Waals surface area contributed by atoms with E-state index in [1.54, 1.807) is 18.2 Å². The summed E-state index contributed by atoms with van der Waals surface area (Å²) in [5.41, 5.74) is 3.88. The molecule has 0 bridgehead atoms. The molecule has 0 unspecified atom stereocenters. The van der Waals surface area contributed by atoms with Gasteiger partial charge in [-0.25, -0.2) is 0 Å². The van der Waals surface area contributed by atoms with Crippen molar-refractivity contribution in [2.45, 2.75) is 39.0 Å². The molecule has 21 heavy (non-hydrogen) atoms. The van der Waals surface area contributed by atoms with Crippen LogP contribution in [-0.2, 0) is 6.42 Å². The average molecular weight is 284 g/mol. The predicted octanol–water partition coefficient (Wildman–Crippen LogP) is 4.84. The number of rotatable bonds is 4. The molecule has 2 heteroatoms. The summed E-state index contributed by atoms with van der Waals surface area (Å²) in [7, 11) is 0. The maximum Gasteiger partial charge on any atom is 0.123 e. The Balaban J connectivity index is 2.50. The van der Waals surface area contributed by atoms with Crippen molar-refractivity contribution < 1.29 is 10.2 Å². The fourth-order valence-corrected chi connectivity index (χ4v) is 3.21. The van der Waals surface area contributed by atoms with E-state index in [1.165, 1.54) is 5.57 Å². The van der Waals surface area contributed by atoms with E-state index in [4.69, 9.17) is 0 Å². The highest BCUT2D eigenvalue weighted by Gasteiger charge is 2.29. The lowest BCUT2D eigenvalue weighted by atomic mass is 9.73. The molecular weight excluding hydrogens is 260 g/mol. The highest BCUT2D eigenvalue weighted by molar-refractivity contribution is 5.52. The molecule has 1 aromatic carbocycles. The molecule has 0 spiro atoms. The third-order valence-electron chi connectivity index (χ3n) is 4.29. The largest absolute Gasteiger partial charge is 0.507 e. The number of aromatic hydroxyl groups is 2. The van der Waals surface area contributed by atoms with Gasteiger partial charge in [0.25, 0.3) is 0 Å². The molecule has 0 fully saturated rings. The van der Waals surface area contributed by atoms with Gasteiger partial charge in [0.2, 0.25) is 0 Å². The van der Waals surface area contributed by atoms with Crippen molar-refractivity contribution in [3.8, 4) is 11.5 Å². The van der Waals surface area contributed by atoms with Gasteiger partial charge < -0.3 is 10.2 Å². The topological polar surface area (TPSA) is 40.5 Å². The van der Waals surface area contributed by atoms with Crippen LogP contribution in [-0.4, -0.2) is 10.2 Å². The van der Waals surface area contributed by atoms with E-state index in [2.05, 4.69) is 26.2 Å². The maximum atomic E-state index is 10.4. The van der Waals surface area contributed by atoms with Gasteiger partial charge in [0, 0.05) is 11.5 Å². The number of benzene rings is 1. The summed E-state index contributed by atoms with van der Waals surface area (Å²) in [6.45, 7) is 11.9. The third-order valence-corrected chi connectivity index (χ3v) is 4.29. The number of phenols is 2. The minimum Gasteiger partial charge on any atom is -0.507 e. The van der Waals surface area contributed by atoms with Crippen molar-refractivity contribution in [2.75, 3.05) is 0 Å². The quantitative estimate of drug-likeness (QED) is 0.776. The summed E-state index contributed by atoms with van der Waals surface area (Å²) >= 11 is 0. The Kier molecular flexibility index (Phi) is 4.56. The molecule has 2 N–H and O–H groups in total. The van der Waals surface area contributed by atoms with Crippen LogP contribution in [0.25, 0.3) is 0 Å². The first kappa shape index (κ1) is 15.4. The zero-order valence-electron chi connectivity index (χ0n) is 12.9. The normalized spacial score (nSPS) is 21.7. The van der Waals surface area contributed by atoms with E-state index in [1.807, 2.05) is 6.92 Å². The van der Waals surface area contributed by atoms with Gasteiger partial charge in [0.1, 0.15) is 11.5 Å². The number of hydrogen-bond donors (Lipinski definition) is 2. The summed E-state index contributed by atoms with van der Waals surface area (Å²) in [5, 5.41) is 20.8. The van der Waals surface area contributed by atoms with Gasteiger partial charge in [-0.2, -0.15) is 0 Å². The van der Waals surface area contributed by atoms with Gasteiger partial charge in [-0.3, -0.25) is 0 Å². The van der Waals surface area contributed by atoms with Crippen LogP contribution < -0.4 is 0 Å². The highest BCUT2D eigenvalue weighted by Crippen LogP contribution is 2.46. The van der Waals surface area contributed by atoms with Crippen LogP contribution in [0.3, 0.4) is 0 Å². The minimum absolute atomic E-state index is 0.00553. The molecule has 0 heterocycles. The smallest absolute Gasteiger partial charge is 0.123 e. The predicted molar refractivity (Wildman–Crippen MR) is 87.7 cm³/mol. The number of hydrogen-bond acceptors (Lipinski definition) is 2. The van der Waals surface area contributed by atoms with E-state index >= 15 is 0 Å². The zero-order chi connectivity index (χ0) is 15.6. The first-order chi connectivity index (χ1) is 9.93. The Hall–Kier alpha value is -1.96. The Morgan fingerprint density at radius 2 is 1.95 bits per heavy atom. The fourth-order valence-electron chi connectivity index (χ4n) is 3.21. The SMILES string of the molecule is C=CCc1cc(O)c([C@@H]2C=C(C)CC[C@H]2C(=C)C)c(O)c1. The lowest BCUT2D eigenvalue weighted by Gasteiger charge is -2.31. The molecular formula is C19H24O2. The van der Waals surface area contributed by atoms with Crippen LogP contribution in [0.2, 0.25) is 0 Å². The van der Waals surface area contributed by atoms with E-state index in [0.717, 1.165) is 24.0 Å². The van der Waals surface area contributed by atoms with Crippen LogP contribution in [0.15, 0.2) is 48.6 Å². The van der Waals surface area contributed by atoms with Crippen LogP contribution in [0, 0.1) is 5.92 Å². The van der Waals surface area contributed by atoms with Crippen molar-refractivity contribution in [1.82, 2.24) is 0 Å². The van der Waals surface area contributed by atoms with Crippen LogP contribution >= 0.6 is 0 Å². The van der Waals surface area contributed by atoms with Gasteiger partial charge in [-0.1, -0.05) is 29.9 Å². The zero-order valence-corrected chi connectivity index (χ0v) is 12.9. The summed E-state index contributed by atoms with van der Waals surface area (Å²) in [6.07, 6.45) is 6.60. The molecule has 2 nitrogen and oxygen atoms in total. The van der Waals surface area contributed by atoms with Crippen molar-refractivity contribution in [2.24, 2.45) is 5.92 Å². The van der Waals surface area contributed by atoms with Crippen molar-refractivity contribution >= 4 is 0 Å². The van der Waals surface area contributed by atoms with E-state index in [9.17, 15) is 10.2 Å². The molecule has 2 atom stereocenters. The fraction of sp³-hybridized carbons (Fsp3) is 0.368. The molecule has 1 aliphatic carbocycles. The second-order valence-electron chi connectivity index (χ2n) is 6.07. The Labute approximate surface area is 127 Å². The van der Waals surface area contributed by atoms with Crippen LogP contribution in [0.4, 0.5) is 0 Å². The summed E-state index contributed by atoms with van der Waals surface area (Å²) in [4.78, 5) is 0. The minimum atomic E-state index is -0.00553. The molecule has 0 amide bonds. The third kappa shape index (κ3) is 3.21. The van der Waals surface area contributed by atoms with Crippen molar-refractivity contribution in [1.29, 1.82) is 0 Å². The lowest BCUT2D eigenvalue weighted by molar-refractivity contribution is 0.406. The Bertz CT molecular complexity index is 573. The maximum absolute atomic E-state index is 10.4. The Morgan fingerprint density at radius 1 is 1.33 bits per heavy atom. The first-order valence-electron chi connectivity index (χ1n) is 7.42. The molecule has 0 radical (unpaired) electrons. The van der Waals surface area contributed by atoms with E-state index in [0.29, 0.717) is 12.0 Å². The first-order valence-corrected chi connectivity index (χ1v) is 7.42. The summed E-state index contributed by atoms with van der Waals surface area (Å²) in [6, 6.07) is 3.45. The molecule has 0 aliphatic heterocycles. The average Bonchev–Trinajstić information content (AvgIpc) is 2.38. The second kappa shape index (κ2) is 6.21. The van der Waals surface area contributed by atoms with Gasteiger partial charge in [0.05, 0.1) is 0 Å². The number of phenolic OH excluding ortho intramolecular Hbond substituents is 2. The van der Waals surface area contributed by atoms with Gasteiger partial charge in [-0.15, -0.1) is 6.58 Å². The van der Waals surface area contributed by atoms with Gasteiger partial charge >= 0.3 is 0 Å². The van der Waals surface area contributed by atoms with Crippen molar-refractivity contribution in [3.63, 3.8) is 0 Å². The Morgan fingerprint density at radius 3 is 2.48 bits per heavy atom. The standard InChI is InChI=1S/C19H24O2/c1-5-6-14-10-17(20)19(18(21)11-14)16-9-13(4)7-8-15(16)12(2)3/h5,9-11,15-16,20-21H,1-2,6-8H2,3-4H3/t15-,16+/m0/s1. The second-order valence-corrected chi connectivity index (χ2v) is 6.07. The molecule has 2 rings (SSSR count). The van der Waals surface area contributed by atoms with Gasteiger partial charge in [0.15, 0.2) is 0 Å². The lowest BCUT2D eigenvalue weighted by Crippen LogP contribution is -2.17. The molecule has 112 valence electrons. The summed E-state index contributed by atoms with van der Waals surface area (Å²) in [5.74, 6) is 0.577. The van der Waals surface area contributed by atoms with E-state index in [-0.39, 0.29) is 23.3 Å². The molecule has 0 aromatic heterocycles. The molecule has 0 saturated carbocycles. The summed E-state index contributed by atoms with van der Waals surface area (Å²) < 4.78 is 0. The molecule has 0 saturated heterocycles.